The van der Waals surface area contributed by atoms with Crippen LogP contribution in [0.3, 0.4) is 0 Å². The first-order valence-electron chi connectivity index (χ1n) is 6.65. The van der Waals surface area contributed by atoms with Crippen LogP contribution in [-0.2, 0) is 6.54 Å². The molecule has 2 rings (SSSR count). The molecule has 0 radical (unpaired) electrons. The zero-order valence-electron chi connectivity index (χ0n) is 12.3. The van der Waals surface area contributed by atoms with Crippen LogP contribution >= 0.6 is 0 Å². The van der Waals surface area contributed by atoms with Gasteiger partial charge in [0.15, 0.2) is 0 Å². The molecule has 5 heteroatoms. The van der Waals surface area contributed by atoms with Crippen LogP contribution < -0.4 is 11.1 Å². The van der Waals surface area contributed by atoms with Crippen molar-refractivity contribution < 1.29 is 4.79 Å². The Kier molecular flexibility index (Phi) is 3.79. The molecule has 2 aromatic rings. The van der Waals surface area contributed by atoms with Crippen LogP contribution in [0.5, 0.6) is 0 Å². The minimum Gasteiger partial charge on any atom is -0.395 e. The number of nitrogens with zero attached hydrogens (tertiary/aromatic N) is 2. The molecule has 0 spiro atoms. The number of aryl methyl sites for hydroxylation is 4. The standard InChI is InChI=1S/C15H20N4O/c1-5-19-14(13(16)11(4)18-19)15(20)17-12-7-6-9(2)8-10(12)3/h6-8H,5,16H2,1-4H3,(H,17,20). The van der Waals surface area contributed by atoms with Gasteiger partial charge >= 0.3 is 0 Å². The van der Waals surface area contributed by atoms with E-state index >= 15 is 0 Å². The first kappa shape index (κ1) is 14.1. The van der Waals surface area contributed by atoms with E-state index in [1.807, 2.05) is 39.0 Å². The number of hydrogen-bond acceptors (Lipinski definition) is 3. The summed E-state index contributed by atoms with van der Waals surface area (Å²) in [6.45, 7) is 8.32. The van der Waals surface area contributed by atoms with E-state index in [1.54, 1.807) is 11.6 Å². The van der Waals surface area contributed by atoms with Crippen LogP contribution in [0.4, 0.5) is 11.4 Å². The molecule has 0 bridgehead atoms. The highest BCUT2D eigenvalue weighted by molar-refractivity contribution is 6.07. The number of hydrogen-bond donors (Lipinski definition) is 2. The summed E-state index contributed by atoms with van der Waals surface area (Å²) in [5.41, 5.74) is 10.5. The Morgan fingerprint density at radius 3 is 2.65 bits per heavy atom. The smallest absolute Gasteiger partial charge is 0.276 e. The molecule has 0 unspecified atom stereocenters. The lowest BCUT2D eigenvalue weighted by Gasteiger charge is -2.10. The van der Waals surface area contributed by atoms with Gasteiger partial charge in [0.25, 0.3) is 5.91 Å². The second kappa shape index (κ2) is 5.36. The molecule has 1 aromatic heterocycles. The van der Waals surface area contributed by atoms with Crippen molar-refractivity contribution in [2.45, 2.75) is 34.2 Å². The maximum atomic E-state index is 12.4. The second-order valence-corrected chi connectivity index (χ2v) is 4.94. The lowest BCUT2D eigenvalue weighted by atomic mass is 10.1. The van der Waals surface area contributed by atoms with E-state index in [4.69, 9.17) is 5.73 Å². The zero-order chi connectivity index (χ0) is 14.9. The zero-order valence-corrected chi connectivity index (χ0v) is 12.3. The van der Waals surface area contributed by atoms with Crippen molar-refractivity contribution in [2.75, 3.05) is 11.1 Å². The van der Waals surface area contributed by atoms with E-state index in [0.29, 0.717) is 23.6 Å². The molecule has 1 aromatic carbocycles. The Labute approximate surface area is 118 Å². The highest BCUT2D eigenvalue weighted by Gasteiger charge is 2.19. The highest BCUT2D eigenvalue weighted by Crippen LogP contribution is 2.21. The van der Waals surface area contributed by atoms with Crippen LogP contribution in [0.25, 0.3) is 0 Å². The summed E-state index contributed by atoms with van der Waals surface area (Å²) >= 11 is 0. The van der Waals surface area contributed by atoms with Crippen LogP contribution in [-0.4, -0.2) is 15.7 Å². The van der Waals surface area contributed by atoms with Gasteiger partial charge in [-0.1, -0.05) is 17.7 Å². The molecular weight excluding hydrogens is 252 g/mol. The fourth-order valence-corrected chi connectivity index (χ4v) is 2.20. The first-order valence-corrected chi connectivity index (χ1v) is 6.65. The number of rotatable bonds is 3. The van der Waals surface area contributed by atoms with Gasteiger partial charge in [0.2, 0.25) is 0 Å². The van der Waals surface area contributed by atoms with E-state index < -0.39 is 0 Å². The number of nitrogens with two attached hydrogens (primary N) is 1. The molecular formula is C15H20N4O. The summed E-state index contributed by atoms with van der Waals surface area (Å²) in [6.07, 6.45) is 0. The summed E-state index contributed by atoms with van der Waals surface area (Å²) in [6, 6.07) is 5.90. The third kappa shape index (κ3) is 2.52. The molecule has 0 fully saturated rings. The molecule has 1 heterocycles. The Balaban J connectivity index is 2.33. The van der Waals surface area contributed by atoms with Crippen molar-refractivity contribution in [3.8, 4) is 0 Å². The van der Waals surface area contributed by atoms with Crippen molar-refractivity contribution in [3.05, 3.63) is 40.7 Å². The van der Waals surface area contributed by atoms with Gasteiger partial charge in [-0.3, -0.25) is 9.48 Å². The van der Waals surface area contributed by atoms with Crippen LogP contribution in [0.2, 0.25) is 0 Å². The van der Waals surface area contributed by atoms with Crippen LogP contribution in [0, 0.1) is 20.8 Å². The molecule has 0 atom stereocenters. The summed E-state index contributed by atoms with van der Waals surface area (Å²) in [5, 5.41) is 7.16. The maximum Gasteiger partial charge on any atom is 0.276 e. The third-order valence-electron chi connectivity index (χ3n) is 3.32. The highest BCUT2D eigenvalue weighted by atomic mass is 16.2. The number of nitrogen functional groups attached to an aromatic ring is 1. The Hall–Kier alpha value is -2.30. The average Bonchev–Trinajstić information content (AvgIpc) is 2.68. The quantitative estimate of drug-likeness (QED) is 0.902. The molecule has 0 saturated heterocycles. The molecule has 3 N–H and O–H groups in total. The summed E-state index contributed by atoms with van der Waals surface area (Å²) in [5.74, 6) is -0.225. The summed E-state index contributed by atoms with van der Waals surface area (Å²) in [4.78, 5) is 12.4. The fourth-order valence-electron chi connectivity index (χ4n) is 2.20. The minimum absolute atomic E-state index is 0.225. The van der Waals surface area contributed by atoms with E-state index in [9.17, 15) is 4.79 Å². The number of aromatic nitrogens is 2. The second-order valence-electron chi connectivity index (χ2n) is 4.94. The number of anilines is 2. The number of carbonyl (C=O) groups is 1. The number of nitrogens with one attached hydrogen (secondary N) is 1. The van der Waals surface area contributed by atoms with Crippen molar-refractivity contribution in [2.24, 2.45) is 0 Å². The Morgan fingerprint density at radius 1 is 1.35 bits per heavy atom. The normalized spacial score (nSPS) is 10.6. The summed E-state index contributed by atoms with van der Waals surface area (Å²) < 4.78 is 1.63. The van der Waals surface area contributed by atoms with Gasteiger partial charge in [0.1, 0.15) is 5.69 Å². The maximum absolute atomic E-state index is 12.4. The topological polar surface area (TPSA) is 72.9 Å². The predicted molar refractivity (Wildman–Crippen MR) is 80.9 cm³/mol. The summed E-state index contributed by atoms with van der Waals surface area (Å²) in [7, 11) is 0. The van der Waals surface area contributed by atoms with Gasteiger partial charge in [0.05, 0.1) is 11.4 Å². The van der Waals surface area contributed by atoms with Gasteiger partial charge in [-0.2, -0.15) is 5.10 Å². The monoisotopic (exact) mass is 272 g/mol. The number of amides is 1. The number of benzene rings is 1. The van der Waals surface area contributed by atoms with Crippen molar-refractivity contribution >= 4 is 17.3 Å². The van der Waals surface area contributed by atoms with Crippen LogP contribution in [0.15, 0.2) is 18.2 Å². The van der Waals surface area contributed by atoms with E-state index in [-0.39, 0.29) is 5.91 Å². The lowest BCUT2D eigenvalue weighted by Crippen LogP contribution is -2.19. The Morgan fingerprint density at radius 2 is 2.05 bits per heavy atom. The van der Waals surface area contributed by atoms with E-state index in [1.165, 1.54) is 0 Å². The Bertz CT molecular complexity index is 658. The predicted octanol–water partition coefficient (Wildman–Crippen LogP) is 2.66. The van der Waals surface area contributed by atoms with Gasteiger partial charge in [-0.25, -0.2) is 0 Å². The van der Waals surface area contributed by atoms with Crippen molar-refractivity contribution in [3.63, 3.8) is 0 Å². The molecule has 0 aliphatic carbocycles. The van der Waals surface area contributed by atoms with E-state index in [0.717, 1.165) is 16.8 Å². The molecule has 106 valence electrons. The molecule has 5 nitrogen and oxygen atoms in total. The molecule has 20 heavy (non-hydrogen) atoms. The minimum atomic E-state index is -0.225. The van der Waals surface area contributed by atoms with Crippen LogP contribution in [0.1, 0.15) is 34.2 Å². The van der Waals surface area contributed by atoms with E-state index in [2.05, 4.69) is 10.4 Å². The van der Waals surface area contributed by atoms with Gasteiger partial charge in [-0.05, 0) is 39.3 Å². The fraction of sp³-hybridized carbons (Fsp3) is 0.333. The molecule has 1 amide bonds. The lowest BCUT2D eigenvalue weighted by molar-refractivity contribution is 0.101. The average molecular weight is 272 g/mol. The largest absolute Gasteiger partial charge is 0.395 e. The first-order chi connectivity index (χ1) is 9.43. The SMILES string of the molecule is CCn1nc(C)c(N)c1C(=O)Nc1ccc(C)cc1C. The molecule has 0 saturated carbocycles. The van der Waals surface area contributed by atoms with Gasteiger partial charge in [-0.15, -0.1) is 0 Å². The number of carbonyl (C=O) groups excluding carboxylic acids is 1. The van der Waals surface area contributed by atoms with Crippen molar-refractivity contribution in [1.29, 1.82) is 0 Å². The van der Waals surface area contributed by atoms with Gasteiger partial charge in [0, 0.05) is 12.2 Å². The van der Waals surface area contributed by atoms with Crippen molar-refractivity contribution in [1.82, 2.24) is 9.78 Å². The third-order valence-corrected chi connectivity index (χ3v) is 3.32. The van der Waals surface area contributed by atoms with Gasteiger partial charge < -0.3 is 11.1 Å². The molecule has 0 aliphatic rings. The molecule has 0 aliphatic heterocycles.